The summed E-state index contributed by atoms with van der Waals surface area (Å²) in [5.41, 5.74) is 12.1. The molecule has 0 unspecified atom stereocenters. The Bertz CT molecular complexity index is 1960. The zero-order valence-electron chi connectivity index (χ0n) is 38.4. The molecule has 0 aliphatic heterocycles. The van der Waals surface area contributed by atoms with Crippen LogP contribution in [0.4, 0.5) is 0 Å². The van der Waals surface area contributed by atoms with Gasteiger partial charge in [-0.15, -0.1) is 46.2 Å². The van der Waals surface area contributed by atoms with Crippen molar-refractivity contribution in [2.75, 3.05) is 0 Å². The van der Waals surface area contributed by atoms with Crippen molar-refractivity contribution in [1.82, 2.24) is 0 Å². The number of allylic oxidation sites excluding steroid dienone is 4. The van der Waals surface area contributed by atoms with Crippen molar-refractivity contribution in [1.29, 1.82) is 0 Å². The molecular weight excluding hydrogens is 823 g/mol. The number of benzene rings is 4. The van der Waals surface area contributed by atoms with Gasteiger partial charge in [-0.2, -0.15) is 6.08 Å². The van der Waals surface area contributed by atoms with Crippen molar-refractivity contribution in [3.63, 3.8) is 0 Å². The van der Waals surface area contributed by atoms with Crippen LogP contribution in [0.5, 0.6) is 0 Å². The average molecular weight is 895 g/mol. The number of halogens is 2. The van der Waals surface area contributed by atoms with Gasteiger partial charge in [-0.3, -0.25) is 6.08 Å². The van der Waals surface area contributed by atoms with Gasteiger partial charge in [0.15, 0.2) is 0 Å². The molecule has 0 radical (unpaired) electrons. The molecule has 0 heterocycles. The van der Waals surface area contributed by atoms with E-state index in [1.165, 1.54) is 132 Å². The Kier molecular flexibility index (Phi) is 19.5. The maximum absolute atomic E-state index is 2.99. The summed E-state index contributed by atoms with van der Waals surface area (Å²) >= 11 is 1.48. The number of unbranched alkanes of at least 4 members (excludes halogenated alkanes) is 2. The van der Waals surface area contributed by atoms with Crippen molar-refractivity contribution in [3.05, 3.63) is 148 Å². The van der Waals surface area contributed by atoms with E-state index in [0.717, 1.165) is 6.42 Å². The van der Waals surface area contributed by atoms with Crippen LogP contribution in [0.3, 0.4) is 0 Å². The zero-order valence-corrected chi connectivity index (χ0v) is 42.4. The molecule has 3 heteroatoms. The topological polar surface area (TPSA) is 0 Å². The number of aryl methyl sites for hydroxylation is 2. The molecule has 0 fully saturated rings. The minimum absolute atomic E-state index is 0. The van der Waals surface area contributed by atoms with Crippen LogP contribution in [-0.4, -0.2) is 3.21 Å². The van der Waals surface area contributed by atoms with E-state index in [0.29, 0.717) is 0 Å². The maximum atomic E-state index is 2.99. The quantitative estimate of drug-likeness (QED) is 0.136. The summed E-state index contributed by atoms with van der Waals surface area (Å²) in [5, 5.41) is 5.57. The fraction of sp³-hybridized carbons (Fsp3) is 0.455. The van der Waals surface area contributed by atoms with E-state index in [4.69, 9.17) is 0 Å². The van der Waals surface area contributed by atoms with Gasteiger partial charge in [0.25, 0.3) is 0 Å². The van der Waals surface area contributed by atoms with E-state index in [2.05, 4.69) is 188 Å². The smallest absolute Gasteiger partial charge is 0.109 e. The summed E-state index contributed by atoms with van der Waals surface area (Å²) < 4.78 is 1.45. The summed E-state index contributed by atoms with van der Waals surface area (Å²) in [6.07, 6.45) is 17.5. The molecule has 312 valence electrons. The van der Waals surface area contributed by atoms with Gasteiger partial charge in [-0.25, -0.2) is 12.2 Å². The van der Waals surface area contributed by atoms with Crippen molar-refractivity contribution < 1.29 is 49.0 Å². The van der Waals surface area contributed by atoms with E-state index >= 15 is 0 Å². The molecule has 0 aromatic heterocycles. The molecular formula is C55H72Cl2Zr-2. The number of rotatable bonds is 8. The van der Waals surface area contributed by atoms with Crippen LogP contribution in [0, 0.1) is 6.08 Å². The second-order valence-electron chi connectivity index (χ2n) is 20.1. The monoisotopic (exact) mass is 892 g/mol. The van der Waals surface area contributed by atoms with Gasteiger partial charge >= 0.3 is 151 Å². The third-order valence-electron chi connectivity index (χ3n) is 10.9. The standard InChI is InChI=1S/C29H41.C21H26.C5H5.2ClH.Zr/c1-26(2,3)22-14-18-13-19-15-23(27(4,5)6)25(29(10,11)12)17-21(19)20(18)16-24(22)28(7,8)9;1-3-5-7-18-9-13-20(14-10-18)17-21-15-11-19(12-16-21)8-6-4-2;1-2-4-5-3-1;;;/h13-17H,1-12H3;9-16H,3-8H2,1-2H3;1-3H,4H2;2*1H;/q-1;;-1;;;+2/p-2. The van der Waals surface area contributed by atoms with E-state index < -0.39 is 0 Å². The predicted octanol–water partition coefficient (Wildman–Crippen LogP) is 9.70. The van der Waals surface area contributed by atoms with Crippen LogP contribution in [0.15, 0.2) is 97.1 Å². The Morgan fingerprint density at radius 3 is 1.16 bits per heavy atom. The minimum Gasteiger partial charge on any atom is -1.00 e. The summed E-state index contributed by atoms with van der Waals surface area (Å²) in [7, 11) is 0. The molecule has 0 N–H and O–H groups in total. The molecule has 0 spiro atoms. The van der Waals surface area contributed by atoms with Gasteiger partial charge in [-0.05, 0) is 21.7 Å². The van der Waals surface area contributed by atoms with Crippen molar-refractivity contribution in [2.45, 2.75) is 164 Å². The largest absolute Gasteiger partial charge is 1.00 e. The molecule has 0 bridgehead atoms. The van der Waals surface area contributed by atoms with Crippen molar-refractivity contribution in [3.8, 4) is 0 Å². The molecule has 0 amide bonds. The van der Waals surface area contributed by atoms with Gasteiger partial charge in [0.1, 0.15) is 0 Å². The molecule has 0 atom stereocenters. The molecule has 1 aliphatic rings. The van der Waals surface area contributed by atoms with Gasteiger partial charge in [0, 0.05) is 0 Å². The van der Waals surface area contributed by atoms with Gasteiger partial charge < -0.3 is 24.8 Å². The van der Waals surface area contributed by atoms with Gasteiger partial charge in [0.2, 0.25) is 0 Å². The van der Waals surface area contributed by atoms with Crippen LogP contribution < -0.4 is 24.8 Å². The van der Waals surface area contributed by atoms with E-state index in [9.17, 15) is 0 Å². The Hall–Kier alpha value is -2.44. The fourth-order valence-corrected chi connectivity index (χ4v) is 8.35. The second kappa shape index (κ2) is 21.9. The summed E-state index contributed by atoms with van der Waals surface area (Å²) in [6.45, 7) is 32.5. The molecule has 0 nitrogen and oxygen atoms in total. The second-order valence-corrected chi connectivity index (χ2v) is 21.3. The summed E-state index contributed by atoms with van der Waals surface area (Å²) in [6, 6.07) is 30.7. The SMILES string of the molecule is CC(C)(C)c1cc2[cH-]c3cc(C(C)(C)C)c(C(C)(C)C)cc3c2cc1C(C)(C)C.CCCCc1ccc([C](=[Zr+2])c2ccc(CCCC)cc2)cc1.[C-]1=CC=CC1.[Cl-].[Cl-]. The normalized spacial score (nSPS) is 12.7. The molecule has 1 aliphatic carbocycles. The third kappa shape index (κ3) is 14.1. The Balaban J connectivity index is 0.000000354. The van der Waals surface area contributed by atoms with Crippen LogP contribution in [0.2, 0.25) is 0 Å². The third-order valence-corrected chi connectivity index (χ3v) is 12.3. The van der Waals surface area contributed by atoms with Gasteiger partial charge in [0.05, 0.1) is 0 Å². The minimum atomic E-state index is 0. The molecule has 58 heavy (non-hydrogen) atoms. The van der Waals surface area contributed by atoms with Crippen LogP contribution in [-0.2, 0) is 58.7 Å². The number of fused-ring (bicyclic) bond motifs is 3. The van der Waals surface area contributed by atoms with Crippen molar-refractivity contribution >= 4 is 24.8 Å². The first-order chi connectivity index (χ1) is 26.1. The predicted molar refractivity (Wildman–Crippen MR) is 247 cm³/mol. The maximum Gasteiger partial charge on any atom is -0.109 e. The average Bonchev–Trinajstić information content (AvgIpc) is 3.83. The van der Waals surface area contributed by atoms with E-state index in [-0.39, 0.29) is 46.5 Å². The number of hydrogen-bond donors (Lipinski definition) is 0. The Labute approximate surface area is 382 Å². The molecule has 5 aromatic rings. The van der Waals surface area contributed by atoms with Crippen LogP contribution in [0.1, 0.15) is 174 Å². The van der Waals surface area contributed by atoms with E-state index in [1.54, 1.807) is 0 Å². The number of hydrogen-bond acceptors (Lipinski definition) is 0. The Morgan fingerprint density at radius 2 is 0.897 bits per heavy atom. The first kappa shape index (κ1) is 51.7. The van der Waals surface area contributed by atoms with Crippen LogP contribution >= 0.6 is 0 Å². The molecule has 0 saturated heterocycles. The van der Waals surface area contributed by atoms with Gasteiger partial charge in [-0.1, -0.05) is 117 Å². The Morgan fingerprint density at radius 1 is 0.552 bits per heavy atom. The molecule has 0 saturated carbocycles. The van der Waals surface area contributed by atoms with E-state index in [1.807, 2.05) is 12.2 Å². The first-order valence-electron chi connectivity index (χ1n) is 21.4. The molecule has 6 rings (SSSR count). The zero-order chi connectivity index (χ0) is 41.5. The fourth-order valence-electron chi connectivity index (χ4n) is 7.53. The summed E-state index contributed by atoms with van der Waals surface area (Å²) in [4.78, 5) is 0. The van der Waals surface area contributed by atoms with Crippen molar-refractivity contribution in [2.24, 2.45) is 0 Å². The van der Waals surface area contributed by atoms with Crippen LogP contribution in [0.25, 0.3) is 21.5 Å². The molecule has 5 aromatic carbocycles. The first-order valence-corrected chi connectivity index (χ1v) is 22.6. The summed E-state index contributed by atoms with van der Waals surface area (Å²) in [5.74, 6) is 0.